The second-order valence-corrected chi connectivity index (χ2v) is 5.32. The van der Waals surface area contributed by atoms with Crippen molar-refractivity contribution in [2.24, 2.45) is 7.05 Å². The Balaban J connectivity index is 2.55. The third-order valence-electron chi connectivity index (χ3n) is 2.79. The maximum Gasteiger partial charge on any atom is 0.274 e. The molecule has 0 saturated carbocycles. The van der Waals surface area contributed by atoms with Crippen molar-refractivity contribution in [2.75, 3.05) is 0 Å². The van der Waals surface area contributed by atoms with Crippen LogP contribution in [0.3, 0.4) is 0 Å². The Bertz CT molecular complexity index is 595. The zero-order chi connectivity index (χ0) is 12.8. The van der Waals surface area contributed by atoms with E-state index in [-0.39, 0.29) is 11.1 Å². The van der Waals surface area contributed by atoms with Crippen LogP contribution in [0.25, 0.3) is 11.1 Å². The van der Waals surface area contributed by atoms with E-state index in [1.54, 1.807) is 13.2 Å². The fourth-order valence-corrected chi connectivity index (χ4v) is 1.85. The molecule has 92 valence electrons. The highest BCUT2D eigenvalue weighted by molar-refractivity contribution is 5.63. The number of aryl methyl sites for hydroxylation is 2. The highest BCUT2D eigenvalue weighted by Crippen LogP contribution is 2.21. The van der Waals surface area contributed by atoms with Crippen molar-refractivity contribution in [1.82, 2.24) is 19.6 Å². The lowest BCUT2D eigenvalue weighted by molar-refractivity contribution is 0.355. The van der Waals surface area contributed by atoms with E-state index in [0.717, 1.165) is 11.3 Å². The quantitative estimate of drug-likeness (QED) is 0.815. The number of H-pyrrole nitrogens is 1. The predicted molar refractivity (Wildman–Crippen MR) is 67.0 cm³/mol. The number of nitrogens with zero attached hydrogens (tertiary/aromatic N) is 3. The minimum atomic E-state index is -0.0757. The molecule has 2 heterocycles. The summed E-state index contributed by atoms with van der Waals surface area (Å²) in [4.78, 5) is 11.9. The summed E-state index contributed by atoms with van der Waals surface area (Å²) in [7, 11) is 1.72. The first-order valence-corrected chi connectivity index (χ1v) is 5.62. The Hall–Kier alpha value is -1.78. The van der Waals surface area contributed by atoms with Gasteiger partial charge in [0.15, 0.2) is 0 Å². The van der Waals surface area contributed by atoms with E-state index in [1.807, 2.05) is 17.8 Å². The largest absolute Gasteiger partial charge is 0.300 e. The van der Waals surface area contributed by atoms with Gasteiger partial charge in [0.05, 0.1) is 17.3 Å². The number of hydrogen-bond acceptors (Lipinski definition) is 2. The maximum atomic E-state index is 11.9. The van der Waals surface area contributed by atoms with Gasteiger partial charge in [-0.3, -0.25) is 19.3 Å². The van der Waals surface area contributed by atoms with Gasteiger partial charge in [0.25, 0.3) is 5.56 Å². The van der Waals surface area contributed by atoms with Crippen LogP contribution in [-0.4, -0.2) is 19.6 Å². The van der Waals surface area contributed by atoms with Crippen LogP contribution in [0.2, 0.25) is 0 Å². The van der Waals surface area contributed by atoms with Crippen molar-refractivity contribution in [3.63, 3.8) is 0 Å². The maximum absolute atomic E-state index is 11.9. The molecule has 0 aliphatic heterocycles. The first-order valence-electron chi connectivity index (χ1n) is 5.62. The summed E-state index contributed by atoms with van der Waals surface area (Å²) in [5.74, 6) is 0. The van der Waals surface area contributed by atoms with E-state index in [9.17, 15) is 4.79 Å². The summed E-state index contributed by atoms with van der Waals surface area (Å²) in [5.41, 5.74) is 2.33. The first kappa shape index (κ1) is 11.7. The molecule has 0 spiro atoms. The van der Waals surface area contributed by atoms with Crippen molar-refractivity contribution in [1.29, 1.82) is 0 Å². The van der Waals surface area contributed by atoms with Gasteiger partial charge < -0.3 is 0 Å². The third kappa shape index (κ3) is 1.92. The molecule has 5 heteroatoms. The van der Waals surface area contributed by atoms with Gasteiger partial charge in [0, 0.05) is 24.5 Å². The summed E-state index contributed by atoms with van der Waals surface area (Å²) in [6, 6.07) is 0. The molecule has 0 amide bonds. The number of aromatic nitrogens is 4. The molecule has 2 aromatic rings. The summed E-state index contributed by atoms with van der Waals surface area (Å²) in [6.45, 7) is 8.12. The predicted octanol–water partition coefficient (Wildman–Crippen LogP) is 1.64. The monoisotopic (exact) mass is 234 g/mol. The Kier molecular flexibility index (Phi) is 2.49. The van der Waals surface area contributed by atoms with E-state index in [2.05, 4.69) is 31.0 Å². The molecule has 0 saturated heterocycles. The van der Waals surface area contributed by atoms with Gasteiger partial charge in [-0.2, -0.15) is 5.10 Å². The molecular formula is C12H18N4O. The summed E-state index contributed by atoms with van der Waals surface area (Å²) in [6.07, 6.45) is 3.65. The van der Waals surface area contributed by atoms with E-state index in [0.29, 0.717) is 5.56 Å². The Morgan fingerprint density at radius 1 is 1.35 bits per heavy atom. The molecule has 0 fully saturated rings. The normalized spacial score (nSPS) is 12.1. The molecule has 2 rings (SSSR count). The van der Waals surface area contributed by atoms with Gasteiger partial charge in [-0.15, -0.1) is 0 Å². The summed E-state index contributed by atoms with van der Waals surface area (Å²) >= 11 is 0. The van der Waals surface area contributed by atoms with Crippen LogP contribution < -0.4 is 5.56 Å². The van der Waals surface area contributed by atoms with Gasteiger partial charge in [0.2, 0.25) is 0 Å². The van der Waals surface area contributed by atoms with E-state index >= 15 is 0 Å². The fourth-order valence-electron chi connectivity index (χ4n) is 1.85. The molecule has 17 heavy (non-hydrogen) atoms. The second-order valence-electron chi connectivity index (χ2n) is 5.32. The van der Waals surface area contributed by atoms with Crippen molar-refractivity contribution < 1.29 is 0 Å². The number of hydrogen-bond donors (Lipinski definition) is 1. The molecule has 0 unspecified atom stereocenters. The van der Waals surface area contributed by atoms with Crippen LogP contribution in [0.1, 0.15) is 26.5 Å². The van der Waals surface area contributed by atoms with Gasteiger partial charge in [0.1, 0.15) is 0 Å². The summed E-state index contributed by atoms with van der Waals surface area (Å²) < 4.78 is 3.35. The van der Waals surface area contributed by atoms with Crippen molar-refractivity contribution in [3.8, 4) is 11.1 Å². The standard InChI is InChI=1S/C12H18N4O/c1-8-10(11(17)15(5)14-8)9-6-13-16(7-9)12(2,3)4/h6-7,14H,1-5H3. The molecule has 0 aromatic carbocycles. The van der Waals surface area contributed by atoms with E-state index in [1.165, 1.54) is 4.68 Å². The van der Waals surface area contributed by atoms with Crippen molar-refractivity contribution >= 4 is 0 Å². The highest BCUT2D eigenvalue weighted by Gasteiger charge is 2.18. The van der Waals surface area contributed by atoms with Crippen molar-refractivity contribution in [2.45, 2.75) is 33.2 Å². The number of rotatable bonds is 1. The molecule has 0 bridgehead atoms. The van der Waals surface area contributed by atoms with E-state index in [4.69, 9.17) is 0 Å². The zero-order valence-corrected chi connectivity index (χ0v) is 10.9. The molecule has 1 N–H and O–H groups in total. The minimum absolute atomic E-state index is 0.0176. The van der Waals surface area contributed by atoms with Crippen LogP contribution in [0.4, 0.5) is 0 Å². The van der Waals surface area contributed by atoms with Gasteiger partial charge >= 0.3 is 0 Å². The lowest BCUT2D eigenvalue weighted by Crippen LogP contribution is -2.21. The minimum Gasteiger partial charge on any atom is -0.300 e. The average molecular weight is 234 g/mol. The zero-order valence-electron chi connectivity index (χ0n) is 10.9. The number of nitrogens with one attached hydrogen (secondary N) is 1. The molecule has 5 nitrogen and oxygen atoms in total. The Morgan fingerprint density at radius 2 is 2.00 bits per heavy atom. The molecule has 0 atom stereocenters. The lowest BCUT2D eigenvalue weighted by atomic mass is 10.1. The molecular weight excluding hydrogens is 216 g/mol. The van der Waals surface area contributed by atoms with Crippen LogP contribution >= 0.6 is 0 Å². The average Bonchev–Trinajstić information content (AvgIpc) is 2.73. The van der Waals surface area contributed by atoms with Crippen molar-refractivity contribution in [3.05, 3.63) is 28.4 Å². The van der Waals surface area contributed by atoms with Crippen LogP contribution in [0.5, 0.6) is 0 Å². The SMILES string of the molecule is Cc1[nH]n(C)c(=O)c1-c1cnn(C(C)(C)C)c1. The first-order chi connectivity index (χ1) is 7.80. The molecule has 2 aromatic heterocycles. The lowest BCUT2D eigenvalue weighted by Gasteiger charge is -2.18. The third-order valence-corrected chi connectivity index (χ3v) is 2.79. The van der Waals surface area contributed by atoms with Crippen LogP contribution in [0.15, 0.2) is 17.2 Å². The highest BCUT2D eigenvalue weighted by atomic mass is 16.1. The Labute approximate surface area is 100 Å². The van der Waals surface area contributed by atoms with Gasteiger partial charge in [-0.05, 0) is 27.7 Å². The molecule has 0 radical (unpaired) electrons. The topological polar surface area (TPSA) is 55.6 Å². The van der Waals surface area contributed by atoms with Gasteiger partial charge in [-0.25, -0.2) is 0 Å². The molecule has 0 aliphatic carbocycles. The van der Waals surface area contributed by atoms with Crippen LogP contribution in [0, 0.1) is 6.92 Å². The number of aromatic amines is 1. The fraction of sp³-hybridized carbons (Fsp3) is 0.500. The van der Waals surface area contributed by atoms with Crippen LogP contribution in [-0.2, 0) is 12.6 Å². The smallest absolute Gasteiger partial charge is 0.274 e. The summed E-state index contributed by atoms with van der Waals surface area (Å²) in [5, 5.41) is 7.30. The second kappa shape index (κ2) is 3.61. The Morgan fingerprint density at radius 3 is 2.41 bits per heavy atom. The molecule has 0 aliphatic rings. The van der Waals surface area contributed by atoms with Gasteiger partial charge in [-0.1, -0.05) is 0 Å². The van der Waals surface area contributed by atoms with E-state index < -0.39 is 0 Å².